The Hall–Kier alpha value is -3.81. The second kappa shape index (κ2) is 10.9. The molecule has 0 unspecified atom stereocenters. The number of halogens is 1. The third-order valence-corrected chi connectivity index (χ3v) is 6.50. The molecule has 1 aromatic heterocycles. The Bertz CT molecular complexity index is 1320. The van der Waals surface area contributed by atoms with Crippen LogP contribution in [0.3, 0.4) is 0 Å². The molecule has 0 radical (unpaired) electrons. The molecule has 1 aliphatic rings. The number of aryl methyl sites for hydroxylation is 1. The maximum Gasteiger partial charge on any atom is 0.303 e. The van der Waals surface area contributed by atoms with E-state index in [1.807, 2.05) is 4.90 Å². The normalized spacial score (nSPS) is 20.5. The average molecular weight is 547 g/mol. The van der Waals surface area contributed by atoms with Gasteiger partial charge >= 0.3 is 5.97 Å². The van der Waals surface area contributed by atoms with Crippen LogP contribution in [0, 0.1) is 10.1 Å². The van der Waals surface area contributed by atoms with Gasteiger partial charge < -0.3 is 23.8 Å². The summed E-state index contributed by atoms with van der Waals surface area (Å²) in [6.07, 6.45) is -2.06. The standard InChI is InChI=1S/C24H27ClN6O7/c1-14(32)37-22-21(30(13-20-26-28-29(3)27-20)16-8-6-15(25)7-9-16)18-12-17(31(33)34)10-11-19(18)38-24(22,2)23(35-4)36-5/h6-12,21-23H,13H2,1-5H3/t21-,22+,24+/m1/s1. The van der Waals surface area contributed by atoms with Crippen LogP contribution in [0.4, 0.5) is 11.4 Å². The van der Waals surface area contributed by atoms with Crippen LogP contribution >= 0.6 is 11.6 Å². The Balaban J connectivity index is 2.00. The highest BCUT2D eigenvalue weighted by Crippen LogP contribution is 2.49. The quantitative estimate of drug-likeness (QED) is 0.169. The van der Waals surface area contributed by atoms with Crippen molar-refractivity contribution >= 4 is 28.9 Å². The number of esters is 1. The summed E-state index contributed by atoms with van der Waals surface area (Å²) in [5.74, 6) is 0.0965. The fourth-order valence-corrected chi connectivity index (χ4v) is 4.83. The third kappa shape index (κ3) is 5.26. The molecule has 13 nitrogen and oxygen atoms in total. The van der Waals surface area contributed by atoms with Crippen LogP contribution in [-0.4, -0.2) is 63.3 Å². The molecule has 0 saturated heterocycles. The number of rotatable bonds is 9. The van der Waals surface area contributed by atoms with E-state index in [0.717, 1.165) is 0 Å². The van der Waals surface area contributed by atoms with Crippen molar-refractivity contribution in [3.8, 4) is 5.75 Å². The molecule has 4 rings (SSSR count). The second-order valence-electron chi connectivity index (χ2n) is 8.84. The number of fused-ring (bicyclic) bond motifs is 1. The summed E-state index contributed by atoms with van der Waals surface area (Å²) < 4.78 is 23.4. The van der Waals surface area contributed by atoms with E-state index in [1.54, 1.807) is 38.2 Å². The molecule has 2 heterocycles. The number of nitrogens with zero attached hydrogens (tertiary/aromatic N) is 6. The summed E-state index contributed by atoms with van der Waals surface area (Å²) in [6.45, 7) is 3.06. The van der Waals surface area contributed by atoms with Crippen molar-refractivity contribution in [3.05, 3.63) is 69.0 Å². The van der Waals surface area contributed by atoms with Crippen molar-refractivity contribution in [2.75, 3.05) is 19.1 Å². The summed E-state index contributed by atoms with van der Waals surface area (Å²) in [7, 11) is 4.51. The molecule has 0 fully saturated rings. The molecule has 14 heteroatoms. The molecule has 0 N–H and O–H groups in total. The fourth-order valence-electron chi connectivity index (χ4n) is 4.70. The number of hydrogen-bond acceptors (Lipinski definition) is 11. The van der Waals surface area contributed by atoms with Gasteiger partial charge in [-0.15, -0.1) is 10.2 Å². The number of carbonyl (C=O) groups is 1. The fraction of sp³-hybridized carbons (Fsp3) is 0.417. The molecule has 2 aromatic carbocycles. The lowest BCUT2D eigenvalue weighted by Crippen LogP contribution is -2.63. The van der Waals surface area contributed by atoms with E-state index >= 15 is 0 Å². The van der Waals surface area contributed by atoms with Gasteiger partial charge in [0, 0.05) is 49.5 Å². The summed E-state index contributed by atoms with van der Waals surface area (Å²) in [4.78, 5) is 26.9. The third-order valence-electron chi connectivity index (χ3n) is 6.25. The lowest BCUT2D eigenvalue weighted by atomic mass is 9.82. The van der Waals surface area contributed by atoms with E-state index in [-0.39, 0.29) is 12.2 Å². The Morgan fingerprint density at radius 3 is 2.50 bits per heavy atom. The smallest absolute Gasteiger partial charge is 0.303 e. The number of aromatic nitrogens is 4. The molecule has 202 valence electrons. The number of benzene rings is 2. The number of nitro groups is 1. The highest BCUT2D eigenvalue weighted by Gasteiger charge is 2.57. The van der Waals surface area contributed by atoms with Crippen LogP contribution in [0.5, 0.6) is 5.75 Å². The van der Waals surface area contributed by atoms with E-state index < -0.39 is 34.9 Å². The van der Waals surface area contributed by atoms with Crippen LogP contribution in [0.2, 0.25) is 5.02 Å². The Morgan fingerprint density at radius 1 is 1.26 bits per heavy atom. The first-order valence-corrected chi connectivity index (χ1v) is 11.9. The number of tetrazole rings is 1. The van der Waals surface area contributed by atoms with E-state index in [0.29, 0.717) is 27.8 Å². The van der Waals surface area contributed by atoms with Crippen LogP contribution in [0.1, 0.15) is 31.3 Å². The molecule has 38 heavy (non-hydrogen) atoms. The molecule has 0 spiro atoms. The number of methoxy groups -OCH3 is 2. The average Bonchev–Trinajstić information content (AvgIpc) is 3.28. The molecule has 0 aliphatic carbocycles. The van der Waals surface area contributed by atoms with Crippen molar-refractivity contribution in [2.45, 2.75) is 44.4 Å². The lowest BCUT2D eigenvalue weighted by Gasteiger charge is -2.50. The largest absolute Gasteiger partial charge is 0.478 e. The molecule has 0 amide bonds. The number of nitro benzene ring substituents is 1. The molecular weight excluding hydrogens is 520 g/mol. The van der Waals surface area contributed by atoms with Gasteiger partial charge in [0.2, 0.25) is 6.29 Å². The topological polar surface area (TPSA) is 144 Å². The van der Waals surface area contributed by atoms with Crippen molar-refractivity contribution in [2.24, 2.45) is 7.05 Å². The minimum Gasteiger partial charge on any atom is -0.478 e. The lowest BCUT2D eigenvalue weighted by molar-refractivity contribution is -0.385. The number of ether oxygens (including phenoxy) is 4. The Kier molecular flexibility index (Phi) is 7.81. The molecule has 3 aromatic rings. The minimum atomic E-state index is -1.39. The van der Waals surface area contributed by atoms with Gasteiger partial charge in [0.05, 0.1) is 24.6 Å². The van der Waals surface area contributed by atoms with Gasteiger partial charge in [0.15, 0.2) is 17.5 Å². The van der Waals surface area contributed by atoms with Gasteiger partial charge in [-0.2, -0.15) is 4.80 Å². The van der Waals surface area contributed by atoms with Gasteiger partial charge in [-0.05, 0) is 42.5 Å². The molecule has 1 aliphatic heterocycles. The summed E-state index contributed by atoms with van der Waals surface area (Å²) in [5.41, 5.74) is -0.486. The van der Waals surface area contributed by atoms with E-state index in [4.69, 9.17) is 30.5 Å². The minimum absolute atomic E-state index is 0.0980. The maximum absolute atomic E-state index is 12.5. The van der Waals surface area contributed by atoms with Gasteiger partial charge in [-0.3, -0.25) is 14.9 Å². The van der Waals surface area contributed by atoms with Crippen molar-refractivity contribution < 1.29 is 28.7 Å². The first kappa shape index (κ1) is 27.2. The molecule has 0 bridgehead atoms. The molecular formula is C24H27ClN6O7. The zero-order chi connectivity index (χ0) is 27.6. The van der Waals surface area contributed by atoms with Gasteiger partial charge in [0.25, 0.3) is 5.69 Å². The van der Waals surface area contributed by atoms with Crippen LogP contribution in [0.15, 0.2) is 42.5 Å². The van der Waals surface area contributed by atoms with Crippen LogP contribution in [0.25, 0.3) is 0 Å². The van der Waals surface area contributed by atoms with Crippen molar-refractivity contribution in [3.63, 3.8) is 0 Å². The maximum atomic E-state index is 12.5. The van der Waals surface area contributed by atoms with Crippen molar-refractivity contribution in [1.29, 1.82) is 0 Å². The van der Waals surface area contributed by atoms with Crippen LogP contribution in [-0.2, 0) is 32.6 Å². The zero-order valence-electron chi connectivity index (χ0n) is 21.4. The van der Waals surface area contributed by atoms with Gasteiger partial charge in [-0.1, -0.05) is 11.6 Å². The Morgan fingerprint density at radius 2 is 1.95 bits per heavy atom. The SMILES string of the molecule is COC(OC)[C@@]1(C)Oc2ccc([N+](=O)[O-])cc2[C@@H](N(Cc2nnn(C)n2)c2ccc(Cl)cc2)[C@@H]1OC(C)=O. The number of non-ortho nitro benzene ring substituents is 1. The predicted molar refractivity (Wildman–Crippen MR) is 135 cm³/mol. The van der Waals surface area contributed by atoms with Crippen LogP contribution < -0.4 is 9.64 Å². The summed E-state index contributed by atoms with van der Waals surface area (Å²) in [5, 5.41) is 24.6. The van der Waals surface area contributed by atoms with E-state index in [9.17, 15) is 14.9 Å². The summed E-state index contributed by atoms with van der Waals surface area (Å²) >= 11 is 6.17. The monoisotopic (exact) mass is 546 g/mol. The van der Waals surface area contributed by atoms with E-state index in [1.165, 1.54) is 44.1 Å². The second-order valence-corrected chi connectivity index (χ2v) is 9.28. The van der Waals surface area contributed by atoms with E-state index in [2.05, 4.69) is 15.4 Å². The first-order valence-electron chi connectivity index (χ1n) is 11.5. The zero-order valence-corrected chi connectivity index (χ0v) is 22.2. The number of anilines is 1. The van der Waals surface area contributed by atoms with Gasteiger partial charge in [0.1, 0.15) is 5.75 Å². The molecule has 0 saturated carbocycles. The van der Waals surface area contributed by atoms with Crippen molar-refractivity contribution in [1.82, 2.24) is 20.2 Å². The number of carbonyl (C=O) groups excluding carboxylic acids is 1. The summed E-state index contributed by atoms with van der Waals surface area (Å²) in [6, 6.07) is 10.4. The number of hydrogen-bond donors (Lipinski definition) is 0. The predicted octanol–water partition coefficient (Wildman–Crippen LogP) is 3.22. The van der Waals surface area contributed by atoms with Gasteiger partial charge in [-0.25, -0.2) is 0 Å². The molecule has 3 atom stereocenters. The highest BCUT2D eigenvalue weighted by molar-refractivity contribution is 6.30. The Labute approximate surface area is 223 Å². The first-order chi connectivity index (χ1) is 18.1. The highest BCUT2D eigenvalue weighted by atomic mass is 35.5.